The highest BCUT2D eigenvalue weighted by Gasteiger charge is 2.04. The van der Waals surface area contributed by atoms with Gasteiger partial charge in [0, 0.05) is 19.3 Å². The molecule has 0 unspecified atom stereocenters. The topological polar surface area (TPSA) is 60.7 Å². The number of rotatable bonds is 11. The van der Waals surface area contributed by atoms with Crippen molar-refractivity contribution in [3.63, 3.8) is 0 Å². The molecule has 1 rings (SSSR count). The molecule has 0 aliphatic rings. The molecule has 5 heteroatoms. The summed E-state index contributed by atoms with van der Waals surface area (Å²) in [5.74, 6) is 1.38. The lowest BCUT2D eigenvalue weighted by molar-refractivity contribution is 0.107. The molecular weight excluding hydrogens is 270 g/mol. The standard InChI is InChI=1S/C16H23NO4/c1-3-18-7-9-20-15-11-14(5-6-17)12-16(13-15)21-10-8-19-4-2/h11-13H,3-5,7-10H2,1-2H3. The van der Waals surface area contributed by atoms with Gasteiger partial charge in [-0.3, -0.25) is 0 Å². The summed E-state index contributed by atoms with van der Waals surface area (Å²) in [7, 11) is 0. The average molecular weight is 293 g/mol. The van der Waals surface area contributed by atoms with E-state index in [1.54, 1.807) is 0 Å². The monoisotopic (exact) mass is 293 g/mol. The van der Waals surface area contributed by atoms with Crippen LogP contribution in [-0.4, -0.2) is 39.6 Å². The predicted octanol–water partition coefficient (Wildman–Crippen LogP) is 2.58. The van der Waals surface area contributed by atoms with Crippen LogP contribution in [0.1, 0.15) is 19.4 Å². The maximum Gasteiger partial charge on any atom is 0.123 e. The van der Waals surface area contributed by atoms with Crippen LogP contribution in [0, 0.1) is 11.3 Å². The Labute approximate surface area is 126 Å². The largest absolute Gasteiger partial charge is 0.491 e. The van der Waals surface area contributed by atoms with Gasteiger partial charge in [-0.25, -0.2) is 0 Å². The summed E-state index contributed by atoms with van der Waals surface area (Å²) in [5.41, 5.74) is 0.873. The zero-order valence-corrected chi connectivity index (χ0v) is 12.8. The fourth-order valence-corrected chi connectivity index (χ4v) is 1.72. The number of nitrogens with zero attached hydrogens (tertiary/aromatic N) is 1. The SMILES string of the molecule is CCOCCOc1cc(CC#N)cc(OCCOCC)c1. The zero-order chi connectivity index (χ0) is 15.3. The van der Waals surface area contributed by atoms with Gasteiger partial charge in [-0.1, -0.05) is 0 Å². The van der Waals surface area contributed by atoms with Crippen LogP contribution in [-0.2, 0) is 15.9 Å². The minimum absolute atomic E-state index is 0.324. The molecule has 0 heterocycles. The van der Waals surface area contributed by atoms with Crippen molar-refractivity contribution in [3.8, 4) is 17.6 Å². The van der Waals surface area contributed by atoms with E-state index in [1.165, 1.54) is 0 Å². The summed E-state index contributed by atoms with van der Waals surface area (Å²) in [5, 5.41) is 8.82. The molecule has 0 aromatic heterocycles. The lowest BCUT2D eigenvalue weighted by Crippen LogP contribution is -2.08. The van der Waals surface area contributed by atoms with Gasteiger partial charge in [0.2, 0.25) is 0 Å². The molecule has 0 fully saturated rings. The van der Waals surface area contributed by atoms with Crippen molar-refractivity contribution < 1.29 is 18.9 Å². The van der Waals surface area contributed by atoms with E-state index in [9.17, 15) is 0 Å². The van der Waals surface area contributed by atoms with Crippen molar-refractivity contribution in [2.45, 2.75) is 20.3 Å². The maximum atomic E-state index is 8.82. The normalized spacial score (nSPS) is 10.1. The van der Waals surface area contributed by atoms with Gasteiger partial charge < -0.3 is 18.9 Å². The molecule has 21 heavy (non-hydrogen) atoms. The van der Waals surface area contributed by atoms with Crippen molar-refractivity contribution >= 4 is 0 Å². The smallest absolute Gasteiger partial charge is 0.123 e. The highest BCUT2D eigenvalue weighted by molar-refractivity contribution is 5.39. The molecule has 0 saturated carbocycles. The molecule has 0 N–H and O–H groups in total. The predicted molar refractivity (Wildman–Crippen MR) is 79.7 cm³/mol. The molecule has 5 nitrogen and oxygen atoms in total. The Hall–Kier alpha value is -1.77. The Bertz CT molecular complexity index is 412. The molecule has 0 spiro atoms. The maximum absolute atomic E-state index is 8.82. The van der Waals surface area contributed by atoms with E-state index in [-0.39, 0.29) is 0 Å². The molecule has 0 aliphatic heterocycles. The summed E-state index contributed by atoms with van der Waals surface area (Å²) in [4.78, 5) is 0. The van der Waals surface area contributed by atoms with Gasteiger partial charge in [0.1, 0.15) is 24.7 Å². The summed E-state index contributed by atoms with van der Waals surface area (Å²) in [6.45, 7) is 7.26. The highest BCUT2D eigenvalue weighted by atomic mass is 16.5. The summed E-state index contributed by atoms with van der Waals surface area (Å²) in [6, 6.07) is 7.65. The first-order valence-electron chi connectivity index (χ1n) is 7.22. The summed E-state index contributed by atoms with van der Waals surface area (Å²) in [6.07, 6.45) is 0.324. The van der Waals surface area contributed by atoms with Crippen molar-refractivity contribution in [2.75, 3.05) is 39.6 Å². The van der Waals surface area contributed by atoms with E-state index in [2.05, 4.69) is 6.07 Å². The zero-order valence-electron chi connectivity index (χ0n) is 12.8. The van der Waals surface area contributed by atoms with Crippen LogP contribution in [0.2, 0.25) is 0 Å². The van der Waals surface area contributed by atoms with Gasteiger partial charge in [0.05, 0.1) is 25.7 Å². The number of benzene rings is 1. The first-order valence-corrected chi connectivity index (χ1v) is 7.22. The lowest BCUT2D eigenvalue weighted by atomic mass is 10.1. The van der Waals surface area contributed by atoms with E-state index in [0.29, 0.717) is 57.6 Å². The Morgan fingerprint density at radius 2 is 1.38 bits per heavy atom. The van der Waals surface area contributed by atoms with Crippen LogP contribution in [0.25, 0.3) is 0 Å². The Balaban J connectivity index is 2.59. The molecular formula is C16H23NO4. The third-order valence-corrected chi connectivity index (χ3v) is 2.62. The molecule has 1 aromatic rings. The fraction of sp³-hybridized carbons (Fsp3) is 0.562. The molecule has 116 valence electrons. The first kappa shape index (κ1) is 17.3. The van der Waals surface area contributed by atoms with Crippen molar-refractivity contribution in [1.82, 2.24) is 0 Å². The number of hydrogen-bond donors (Lipinski definition) is 0. The van der Waals surface area contributed by atoms with E-state index < -0.39 is 0 Å². The Morgan fingerprint density at radius 3 is 1.81 bits per heavy atom. The fourth-order valence-electron chi connectivity index (χ4n) is 1.72. The Kier molecular flexibility index (Phi) is 9.01. The summed E-state index contributed by atoms with van der Waals surface area (Å²) >= 11 is 0. The minimum Gasteiger partial charge on any atom is -0.491 e. The minimum atomic E-state index is 0.324. The average Bonchev–Trinajstić information content (AvgIpc) is 2.48. The highest BCUT2D eigenvalue weighted by Crippen LogP contribution is 2.23. The number of ether oxygens (including phenoxy) is 4. The third kappa shape index (κ3) is 7.54. The first-order chi connectivity index (χ1) is 10.3. The lowest BCUT2D eigenvalue weighted by Gasteiger charge is -2.11. The number of hydrogen-bond acceptors (Lipinski definition) is 5. The number of nitriles is 1. The molecule has 0 saturated heterocycles. The van der Waals surface area contributed by atoms with Gasteiger partial charge in [0.25, 0.3) is 0 Å². The quantitative estimate of drug-likeness (QED) is 0.587. The van der Waals surface area contributed by atoms with Crippen LogP contribution < -0.4 is 9.47 Å². The molecule has 0 atom stereocenters. The molecule has 0 amide bonds. The molecule has 0 aliphatic carbocycles. The van der Waals surface area contributed by atoms with Gasteiger partial charge in [-0.15, -0.1) is 0 Å². The Morgan fingerprint density at radius 1 is 0.857 bits per heavy atom. The van der Waals surface area contributed by atoms with Crippen molar-refractivity contribution in [2.24, 2.45) is 0 Å². The van der Waals surface area contributed by atoms with Crippen molar-refractivity contribution in [1.29, 1.82) is 5.26 Å². The van der Waals surface area contributed by atoms with E-state index in [0.717, 1.165) is 5.56 Å². The second-order valence-electron chi connectivity index (χ2n) is 4.24. The molecule has 0 radical (unpaired) electrons. The summed E-state index contributed by atoms with van der Waals surface area (Å²) < 4.78 is 21.7. The van der Waals surface area contributed by atoms with Crippen LogP contribution in [0.4, 0.5) is 0 Å². The van der Waals surface area contributed by atoms with Crippen LogP contribution >= 0.6 is 0 Å². The van der Waals surface area contributed by atoms with Crippen LogP contribution in [0.5, 0.6) is 11.5 Å². The van der Waals surface area contributed by atoms with Crippen LogP contribution in [0.15, 0.2) is 18.2 Å². The third-order valence-electron chi connectivity index (χ3n) is 2.62. The van der Waals surface area contributed by atoms with E-state index in [4.69, 9.17) is 24.2 Å². The van der Waals surface area contributed by atoms with Gasteiger partial charge in [-0.2, -0.15) is 5.26 Å². The second-order valence-corrected chi connectivity index (χ2v) is 4.24. The van der Waals surface area contributed by atoms with Gasteiger partial charge in [-0.05, 0) is 31.5 Å². The van der Waals surface area contributed by atoms with E-state index >= 15 is 0 Å². The molecule has 0 bridgehead atoms. The van der Waals surface area contributed by atoms with Crippen molar-refractivity contribution in [3.05, 3.63) is 23.8 Å². The van der Waals surface area contributed by atoms with Gasteiger partial charge in [0.15, 0.2) is 0 Å². The van der Waals surface area contributed by atoms with Gasteiger partial charge >= 0.3 is 0 Å². The van der Waals surface area contributed by atoms with E-state index in [1.807, 2.05) is 32.0 Å². The van der Waals surface area contributed by atoms with Crippen LogP contribution in [0.3, 0.4) is 0 Å². The second kappa shape index (κ2) is 11.0. The molecule has 1 aromatic carbocycles.